The Kier molecular flexibility index (Phi) is 3.14. The molecule has 16 heavy (non-hydrogen) atoms. The van der Waals surface area contributed by atoms with Crippen molar-refractivity contribution in [3.8, 4) is 0 Å². The molecule has 0 spiro atoms. The highest BCUT2D eigenvalue weighted by Gasteiger charge is 2.04. The lowest BCUT2D eigenvalue weighted by atomic mass is 10.3. The molecule has 0 atom stereocenters. The Balaban J connectivity index is 2.02. The van der Waals surface area contributed by atoms with Crippen molar-refractivity contribution in [2.45, 2.75) is 20.4 Å². The number of anilines is 1. The van der Waals surface area contributed by atoms with Crippen LogP contribution in [0.25, 0.3) is 0 Å². The quantitative estimate of drug-likeness (QED) is 0.834. The van der Waals surface area contributed by atoms with Crippen molar-refractivity contribution in [1.29, 1.82) is 0 Å². The van der Waals surface area contributed by atoms with Gasteiger partial charge < -0.3 is 5.32 Å². The second kappa shape index (κ2) is 4.57. The molecule has 1 N–H and O–H groups in total. The zero-order valence-electron chi connectivity index (χ0n) is 9.12. The monoisotopic (exact) mass is 237 g/mol. The molecule has 2 aromatic rings. The van der Waals surface area contributed by atoms with Crippen LogP contribution in [0.2, 0.25) is 0 Å². The molecule has 5 heteroatoms. The highest BCUT2D eigenvalue weighted by Crippen LogP contribution is 2.18. The van der Waals surface area contributed by atoms with E-state index in [0.717, 1.165) is 16.4 Å². The standard InChI is InChI=1S/C11H12FN3S/c1-7-10(16-8(2)15-7)6-13-9-3-4-11(12)14-5-9/h3-5,13H,6H2,1-2H3. The third kappa shape index (κ3) is 2.55. The van der Waals surface area contributed by atoms with Crippen molar-refractivity contribution >= 4 is 17.0 Å². The van der Waals surface area contributed by atoms with Crippen LogP contribution in [0.5, 0.6) is 0 Å². The third-order valence-corrected chi connectivity index (χ3v) is 3.25. The van der Waals surface area contributed by atoms with E-state index in [4.69, 9.17) is 0 Å². The maximum absolute atomic E-state index is 12.6. The summed E-state index contributed by atoms with van der Waals surface area (Å²) in [4.78, 5) is 9.11. The molecule has 0 unspecified atom stereocenters. The average Bonchev–Trinajstić information content (AvgIpc) is 2.57. The molecule has 0 radical (unpaired) electrons. The van der Waals surface area contributed by atoms with E-state index in [0.29, 0.717) is 6.54 Å². The van der Waals surface area contributed by atoms with Crippen LogP contribution in [0.1, 0.15) is 15.6 Å². The first kappa shape index (κ1) is 11.0. The molecule has 84 valence electrons. The fraction of sp³-hybridized carbons (Fsp3) is 0.273. The molecule has 2 rings (SSSR count). The highest BCUT2D eigenvalue weighted by atomic mass is 32.1. The van der Waals surface area contributed by atoms with Crippen molar-refractivity contribution in [2.24, 2.45) is 0 Å². The van der Waals surface area contributed by atoms with E-state index in [1.165, 1.54) is 17.1 Å². The summed E-state index contributed by atoms with van der Waals surface area (Å²) >= 11 is 1.67. The number of halogens is 1. The van der Waals surface area contributed by atoms with Gasteiger partial charge in [-0.25, -0.2) is 9.97 Å². The van der Waals surface area contributed by atoms with Crippen molar-refractivity contribution in [3.05, 3.63) is 39.9 Å². The summed E-state index contributed by atoms with van der Waals surface area (Å²) in [6.07, 6.45) is 1.48. The Labute approximate surface area is 97.4 Å². The number of pyridine rings is 1. The van der Waals surface area contributed by atoms with Gasteiger partial charge in [-0.05, 0) is 26.0 Å². The van der Waals surface area contributed by atoms with E-state index in [1.807, 2.05) is 13.8 Å². The molecule has 0 aliphatic rings. The Hall–Kier alpha value is -1.49. The van der Waals surface area contributed by atoms with Gasteiger partial charge in [0.05, 0.1) is 29.1 Å². The van der Waals surface area contributed by atoms with E-state index >= 15 is 0 Å². The lowest BCUT2D eigenvalue weighted by Gasteiger charge is -2.04. The third-order valence-electron chi connectivity index (χ3n) is 2.18. The molecular formula is C11H12FN3S. The SMILES string of the molecule is Cc1nc(C)c(CNc2ccc(F)nc2)s1. The number of aromatic nitrogens is 2. The molecular weight excluding hydrogens is 225 g/mol. The summed E-state index contributed by atoms with van der Waals surface area (Å²) in [5.74, 6) is -0.463. The fourth-order valence-corrected chi connectivity index (χ4v) is 2.28. The van der Waals surface area contributed by atoms with Gasteiger partial charge in [0.25, 0.3) is 0 Å². The van der Waals surface area contributed by atoms with Crippen molar-refractivity contribution < 1.29 is 4.39 Å². The van der Waals surface area contributed by atoms with Crippen molar-refractivity contribution in [3.63, 3.8) is 0 Å². The number of rotatable bonds is 3. The van der Waals surface area contributed by atoms with Gasteiger partial charge in [0.15, 0.2) is 0 Å². The summed E-state index contributed by atoms with van der Waals surface area (Å²) in [6, 6.07) is 3.01. The number of nitrogens with zero attached hydrogens (tertiary/aromatic N) is 2. The minimum atomic E-state index is -0.463. The fourth-order valence-electron chi connectivity index (χ4n) is 1.40. The lowest BCUT2D eigenvalue weighted by molar-refractivity contribution is 0.584. The molecule has 0 aromatic carbocycles. The normalized spacial score (nSPS) is 10.4. The number of hydrogen-bond donors (Lipinski definition) is 1. The number of aryl methyl sites for hydroxylation is 2. The zero-order chi connectivity index (χ0) is 11.5. The van der Waals surface area contributed by atoms with E-state index in [2.05, 4.69) is 15.3 Å². The first-order valence-electron chi connectivity index (χ1n) is 4.93. The maximum atomic E-state index is 12.6. The average molecular weight is 237 g/mol. The van der Waals surface area contributed by atoms with Crippen LogP contribution < -0.4 is 5.32 Å². The Morgan fingerprint density at radius 2 is 2.19 bits per heavy atom. The van der Waals surface area contributed by atoms with Crippen LogP contribution in [-0.4, -0.2) is 9.97 Å². The second-order valence-corrected chi connectivity index (χ2v) is 4.75. The molecule has 0 amide bonds. The van der Waals surface area contributed by atoms with E-state index < -0.39 is 5.95 Å². The summed E-state index contributed by atoms with van der Waals surface area (Å²) in [6.45, 7) is 4.68. The van der Waals surface area contributed by atoms with Gasteiger partial charge in [0, 0.05) is 4.88 Å². The van der Waals surface area contributed by atoms with Crippen molar-refractivity contribution in [1.82, 2.24) is 9.97 Å². The van der Waals surface area contributed by atoms with E-state index in [-0.39, 0.29) is 0 Å². The molecule has 3 nitrogen and oxygen atoms in total. The molecule has 2 aromatic heterocycles. The first-order chi connectivity index (χ1) is 7.65. The van der Waals surface area contributed by atoms with Crippen LogP contribution in [-0.2, 0) is 6.54 Å². The zero-order valence-corrected chi connectivity index (χ0v) is 9.94. The highest BCUT2D eigenvalue weighted by molar-refractivity contribution is 7.11. The largest absolute Gasteiger partial charge is 0.379 e. The molecule has 0 aliphatic heterocycles. The number of hydrogen-bond acceptors (Lipinski definition) is 4. The van der Waals surface area contributed by atoms with Gasteiger partial charge in [-0.15, -0.1) is 11.3 Å². The van der Waals surface area contributed by atoms with Gasteiger partial charge in [0.2, 0.25) is 5.95 Å². The van der Waals surface area contributed by atoms with Crippen LogP contribution >= 0.6 is 11.3 Å². The van der Waals surface area contributed by atoms with Gasteiger partial charge in [0.1, 0.15) is 0 Å². The first-order valence-corrected chi connectivity index (χ1v) is 5.75. The predicted octanol–water partition coefficient (Wildman–Crippen LogP) is 2.91. The summed E-state index contributed by atoms with van der Waals surface area (Å²) in [5, 5.41) is 4.25. The molecule has 0 saturated heterocycles. The van der Waals surface area contributed by atoms with Gasteiger partial charge in [-0.3, -0.25) is 0 Å². The van der Waals surface area contributed by atoms with Crippen LogP contribution in [0.15, 0.2) is 18.3 Å². The van der Waals surface area contributed by atoms with E-state index in [1.54, 1.807) is 17.4 Å². The Bertz CT molecular complexity index is 478. The molecule has 0 aliphatic carbocycles. The second-order valence-electron chi connectivity index (χ2n) is 3.46. The topological polar surface area (TPSA) is 37.8 Å². The van der Waals surface area contributed by atoms with Crippen LogP contribution in [0, 0.1) is 19.8 Å². The molecule has 0 saturated carbocycles. The molecule has 0 bridgehead atoms. The van der Waals surface area contributed by atoms with Crippen molar-refractivity contribution in [2.75, 3.05) is 5.32 Å². The Morgan fingerprint density at radius 3 is 2.75 bits per heavy atom. The van der Waals surface area contributed by atoms with E-state index in [9.17, 15) is 4.39 Å². The smallest absolute Gasteiger partial charge is 0.212 e. The Morgan fingerprint density at radius 1 is 1.38 bits per heavy atom. The minimum absolute atomic E-state index is 0.463. The molecule has 0 fully saturated rings. The maximum Gasteiger partial charge on any atom is 0.212 e. The summed E-state index contributed by atoms with van der Waals surface area (Å²) in [7, 11) is 0. The van der Waals surface area contributed by atoms with Gasteiger partial charge >= 0.3 is 0 Å². The number of nitrogens with one attached hydrogen (secondary N) is 1. The summed E-state index contributed by atoms with van der Waals surface area (Å²) < 4.78 is 12.6. The summed E-state index contributed by atoms with van der Waals surface area (Å²) in [5.41, 5.74) is 1.86. The lowest BCUT2D eigenvalue weighted by Crippen LogP contribution is -1.99. The van der Waals surface area contributed by atoms with Crippen LogP contribution in [0.3, 0.4) is 0 Å². The van der Waals surface area contributed by atoms with Gasteiger partial charge in [-0.1, -0.05) is 0 Å². The predicted molar refractivity (Wildman–Crippen MR) is 63.1 cm³/mol. The number of thiazole rings is 1. The molecule has 2 heterocycles. The minimum Gasteiger partial charge on any atom is -0.379 e. The van der Waals surface area contributed by atoms with Crippen LogP contribution in [0.4, 0.5) is 10.1 Å². The van der Waals surface area contributed by atoms with Gasteiger partial charge in [-0.2, -0.15) is 4.39 Å².